The molecule has 0 aliphatic rings. The smallest absolute Gasteiger partial charge is 0.254 e. The number of amides is 1. The average Bonchev–Trinajstić information content (AvgIpc) is 2.77. The lowest BCUT2D eigenvalue weighted by molar-refractivity contribution is -0.133. The second kappa shape index (κ2) is 10.3. The third kappa shape index (κ3) is 5.31. The van der Waals surface area contributed by atoms with Gasteiger partial charge in [-0.05, 0) is 48.9 Å². The lowest BCUT2D eigenvalue weighted by Gasteiger charge is -2.19. The number of halogens is 4. The Kier molecular flexibility index (Phi) is 7.47. The first-order valence-electron chi connectivity index (χ1n) is 10.0. The van der Waals surface area contributed by atoms with Crippen molar-refractivity contribution < 1.29 is 27.1 Å². The van der Waals surface area contributed by atoms with Crippen molar-refractivity contribution in [2.24, 2.45) is 5.73 Å². The molecule has 1 heterocycles. The molecule has 0 saturated carbocycles. The summed E-state index contributed by atoms with van der Waals surface area (Å²) < 4.78 is 63.6. The zero-order valence-electron chi connectivity index (χ0n) is 18.0. The van der Waals surface area contributed by atoms with E-state index in [-0.39, 0.29) is 23.6 Å². The minimum atomic E-state index is -1.72. The molecule has 178 valence electrons. The van der Waals surface area contributed by atoms with E-state index in [0.717, 1.165) is 24.3 Å². The van der Waals surface area contributed by atoms with E-state index in [0.29, 0.717) is 5.56 Å². The van der Waals surface area contributed by atoms with Gasteiger partial charge in [-0.15, -0.1) is 0 Å². The number of benzene rings is 2. The summed E-state index contributed by atoms with van der Waals surface area (Å²) in [4.78, 5) is 16.6. The molecule has 6 N–H and O–H groups in total. The Bertz CT molecular complexity index is 1190. The maximum Gasteiger partial charge on any atom is 0.254 e. The summed E-state index contributed by atoms with van der Waals surface area (Å²) in [7, 11) is 0. The van der Waals surface area contributed by atoms with E-state index in [9.17, 15) is 22.4 Å². The highest BCUT2D eigenvalue weighted by Gasteiger charge is 2.29. The number of nitrogens with one attached hydrogen (secondary N) is 2. The number of anilines is 1. The van der Waals surface area contributed by atoms with Gasteiger partial charge in [0.2, 0.25) is 0 Å². The number of nitrogens with zero attached hydrogens (tertiary/aromatic N) is 1. The fourth-order valence-electron chi connectivity index (χ4n) is 3.23. The molecule has 2 aromatic carbocycles. The van der Waals surface area contributed by atoms with Crippen LogP contribution in [0.5, 0.6) is 0 Å². The van der Waals surface area contributed by atoms with Gasteiger partial charge in [-0.25, -0.2) is 22.5 Å². The normalized spacial score (nSPS) is 11.8. The second-order valence-corrected chi connectivity index (χ2v) is 7.21. The average molecular weight is 475 g/mol. The largest absolute Gasteiger partial charge is 0.384 e. The van der Waals surface area contributed by atoms with Gasteiger partial charge in [0.25, 0.3) is 5.91 Å². The van der Waals surface area contributed by atoms with Crippen LogP contribution in [0.3, 0.4) is 0 Å². The quantitative estimate of drug-likeness (QED) is 0.225. The maximum atomic E-state index is 14.9. The molecule has 7 nitrogen and oxygen atoms in total. The Balaban J connectivity index is 1.86. The van der Waals surface area contributed by atoms with Gasteiger partial charge in [0.05, 0.1) is 5.56 Å². The van der Waals surface area contributed by atoms with Crippen LogP contribution in [-0.2, 0) is 16.1 Å². The zero-order chi connectivity index (χ0) is 25.0. The Morgan fingerprint density at radius 3 is 2.18 bits per heavy atom. The van der Waals surface area contributed by atoms with Gasteiger partial charge in [0, 0.05) is 36.0 Å². The number of carbonyl (C=O) groups excluding carboxylic acids is 1. The third-order valence-electron chi connectivity index (χ3n) is 4.92. The molecule has 3 aromatic rings. The lowest BCUT2D eigenvalue weighted by atomic mass is 10.0. The molecular formula is C23H21F4N5O2. The number of ether oxygens (including phenoxy) is 1. The Morgan fingerprint density at radius 1 is 1.06 bits per heavy atom. The Labute approximate surface area is 192 Å². The SMILES string of the molecule is CCO[C@H](C(=O)NCc1c(F)cc(C(=N)N)cc1F)c1c(F)cc(-c2ccc(N)nc2)cc1F. The van der Waals surface area contributed by atoms with Crippen molar-refractivity contribution in [1.82, 2.24) is 10.3 Å². The molecule has 3 rings (SSSR count). The Morgan fingerprint density at radius 2 is 1.68 bits per heavy atom. The van der Waals surface area contributed by atoms with E-state index >= 15 is 0 Å². The molecule has 1 aromatic heterocycles. The molecular weight excluding hydrogens is 454 g/mol. The number of amidine groups is 1. The highest BCUT2D eigenvalue weighted by Crippen LogP contribution is 2.30. The number of pyridine rings is 1. The van der Waals surface area contributed by atoms with Gasteiger partial charge in [0.15, 0.2) is 6.10 Å². The number of rotatable bonds is 8. The van der Waals surface area contributed by atoms with Crippen molar-refractivity contribution in [2.45, 2.75) is 19.6 Å². The number of hydrogen-bond donors (Lipinski definition) is 4. The summed E-state index contributed by atoms with van der Waals surface area (Å²) in [6, 6.07) is 6.73. The van der Waals surface area contributed by atoms with Crippen molar-refractivity contribution >= 4 is 17.6 Å². The van der Waals surface area contributed by atoms with Crippen LogP contribution in [0.1, 0.15) is 29.7 Å². The van der Waals surface area contributed by atoms with Gasteiger partial charge in [0.1, 0.15) is 34.9 Å². The van der Waals surface area contributed by atoms with Crippen LogP contribution in [0.2, 0.25) is 0 Å². The predicted molar refractivity (Wildman–Crippen MR) is 118 cm³/mol. The topological polar surface area (TPSA) is 127 Å². The third-order valence-corrected chi connectivity index (χ3v) is 4.92. The fourth-order valence-corrected chi connectivity index (χ4v) is 3.23. The second-order valence-electron chi connectivity index (χ2n) is 7.21. The van der Waals surface area contributed by atoms with E-state index in [1.165, 1.54) is 25.3 Å². The molecule has 0 bridgehead atoms. The fraction of sp³-hybridized carbons (Fsp3) is 0.174. The molecule has 0 unspecified atom stereocenters. The number of nitrogens with two attached hydrogens (primary N) is 2. The molecule has 0 aliphatic heterocycles. The minimum Gasteiger partial charge on any atom is -0.384 e. The van der Waals surface area contributed by atoms with Gasteiger partial charge >= 0.3 is 0 Å². The van der Waals surface area contributed by atoms with Crippen LogP contribution in [-0.4, -0.2) is 23.3 Å². The summed E-state index contributed by atoms with van der Waals surface area (Å²) in [6.07, 6.45) is -0.373. The van der Waals surface area contributed by atoms with Crippen molar-refractivity contribution in [2.75, 3.05) is 12.3 Å². The highest BCUT2D eigenvalue weighted by atomic mass is 19.1. The van der Waals surface area contributed by atoms with Crippen molar-refractivity contribution in [3.63, 3.8) is 0 Å². The molecule has 0 fully saturated rings. The molecule has 0 radical (unpaired) electrons. The van der Waals surface area contributed by atoms with E-state index in [2.05, 4.69) is 10.3 Å². The summed E-state index contributed by atoms with van der Waals surface area (Å²) >= 11 is 0. The zero-order valence-corrected chi connectivity index (χ0v) is 18.0. The van der Waals surface area contributed by atoms with Gasteiger partial charge < -0.3 is 21.5 Å². The first kappa shape index (κ1) is 24.6. The highest BCUT2D eigenvalue weighted by molar-refractivity contribution is 5.95. The lowest BCUT2D eigenvalue weighted by Crippen LogP contribution is -2.32. The standard InChI is InChI=1S/C23H21F4N5O2/c1-2-34-21(23(33)32-10-14-15(24)7-13(22(29)30)8-16(14)25)20-17(26)5-12(6-18(20)27)11-3-4-19(28)31-9-11/h3-9,21H,2,10H2,1H3,(H2,28,31)(H3,29,30)(H,32,33)/t21-/m0/s1. The van der Waals surface area contributed by atoms with E-state index in [1.807, 2.05) is 0 Å². The molecule has 0 spiro atoms. The van der Waals surface area contributed by atoms with Crippen LogP contribution in [0.25, 0.3) is 11.1 Å². The minimum absolute atomic E-state index is 0.0728. The van der Waals surface area contributed by atoms with Crippen LogP contribution in [0.4, 0.5) is 23.4 Å². The van der Waals surface area contributed by atoms with Crippen LogP contribution < -0.4 is 16.8 Å². The summed E-state index contributed by atoms with van der Waals surface area (Å²) in [5.74, 6) is -5.50. The first-order valence-corrected chi connectivity index (χ1v) is 10.0. The predicted octanol–water partition coefficient (Wildman–Crippen LogP) is 3.57. The number of hydrogen-bond acceptors (Lipinski definition) is 5. The summed E-state index contributed by atoms with van der Waals surface area (Å²) in [5, 5.41) is 9.50. The van der Waals surface area contributed by atoms with Crippen LogP contribution in [0.15, 0.2) is 42.6 Å². The molecule has 1 atom stereocenters. The summed E-state index contributed by atoms with van der Waals surface area (Å²) in [6.45, 7) is 0.817. The summed E-state index contributed by atoms with van der Waals surface area (Å²) in [5.41, 5.74) is 9.98. The number of carbonyl (C=O) groups is 1. The van der Waals surface area contributed by atoms with Crippen molar-refractivity contribution in [1.29, 1.82) is 5.41 Å². The van der Waals surface area contributed by atoms with E-state index in [1.54, 1.807) is 0 Å². The maximum absolute atomic E-state index is 14.9. The van der Waals surface area contributed by atoms with Crippen molar-refractivity contribution in [3.05, 3.63) is 82.6 Å². The molecule has 34 heavy (non-hydrogen) atoms. The monoisotopic (exact) mass is 475 g/mol. The number of nitrogen functional groups attached to an aromatic ring is 2. The molecule has 11 heteroatoms. The van der Waals surface area contributed by atoms with Gasteiger partial charge in [-0.1, -0.05) is 0 Å². The van der Waals surface area contributed by atoms with Gasteiger partial charge in [-0.2, -0.15) is 0 Å². The van der Waals surface area contributed by atoms with E-state index < -0.39 is 58.8 Å². The van der Waals surface area contributed by atoms with Crippen LogP contribution in [0, 0.1) is 28.7 Å². The Hall–Kier alpha value is -3.99. The van der Waals surface area contributed by atoms with Crippen LogP contribution >= 0.6 is 0 Å². The van der Waals surface area contributed by atoms with E-state index in [4.69, 9.17) is 21.6 Å². The first-order chi connectivity index (χ1) is 16.1. The molecule has 1 amide bonds. The molecule has 0 saturated heterocycles. The number of aromatic nitrogens is 1. The van der Waals surface area contributed by atoms with Gasteiger partial charge in [-0.3, -0.25) is 10.2 Å². The van der Waals surface area contributed by atoms with Crippen molar-refractivity contribution in [3.8, 4) is 11.1 Å². The molecule has 0 aliphatic carbocycles.